The molecule has 0 amide bonds. The number of carbonyl (C=O) groups excluding carboxylic acids is 1. The van der Waals surface area contributed by atoms with Crippen molar-refractivity contribution in [3.8, 4) is 6.07 Å². The number of carbonyl (C=O) groups is 1. The molecule has 0 radical (unpaired) electrons. The van der Waals surface area contributed by atoms with Gasteiger partial charge in [0.25, 0.3) is 0 Å². The van der Waals surface area contributed by atoms with Crippen molar-refractivity contribution < 1.29 is 4.79 Å². The van der Waals surface area contributed by atoms with E-state index in [1.165, 1.54) is 18.7 Å². The van der Waals surface area contributed by atoms with Crippen LogP contribution < -0.4 is 0 Å². The Labute approximate surface area is 111 Å². The van der Waals surface area contributed by atoms with Gasteiger partial charge in [0.2, 0.25) is 0 Å². The van der Waals surface area contributed by atoms with Gasteiger partial charge in [0.1, 0.15) is 10.2 Å². The minimum absolute atomic E-state index is 0.102. The first kappa shape index (κ1) is 14.1. The number of rotatable bonds is 4. The summed E-state index contributed by atoms with van der Waals surface area (Å²) in [6, 6.07) is 1.85. The van der Waals surface area contributed by atoms with E-state index in [-0.39, 0.29) is 17.2 Å². The van der Waals surface area contributed by atoms with E-state index in [9.17, 15) is 4.79 Å². The molecule has 0 aliphatic carbocycles. The molecular formula is C11H15N3OS2. The van der Waals surface area contributed by atoms with Gasteiger partial charge in [-0.25, -0.2) is 0 Å². The number of likely N-dealkylation sites (tertiary alicyclic amines) is 1. The molecule has 6 heteroatoms. The van der Waals surface area contributed by atoms with E-state index in [2.05, 4.69) is 4.90 Å². The number of hydrogen-bond donors (Lipinski definition) is 1. The van der Waals surface area contributed by atoms with Crippen molar-refractivity contribution in [2.75, 3.05) is 18.8 Å². The monoisotopic (exact) mass is 269 g/mol. The van der Waals surface area contributed by atoms with Gasteiger partial charge in [-0.15, -0.1) is 0 Å². The molecule has 1 N–H and O–H groups in total. The Balaban J connectivity index is 2.39. The summed E-state index contributed by atoms with van der Waals surface area (Å²) < 4.78 is 0.732. The van der Waals surface area contributed by atoms with Crippen LogP contribution in [-0.4, -0.2) is 39.6 Å². The average molecular weight is 269 g/mol. The highest BCUT2D eigenvalue weighted by atomic mass is 32.2. The third-order valence-corrected chi connectivity index (χ3v) is 4.13. The second-order valence-corrected chi connectivity index (χ2v) is 5.57. The summed E-state index contributed by atoms with van der Waals surface area (Å²) in [5, 5.41) is 16.1. The van der Waals surface area contributed by atoms with Gasteiger partial charge < -0.3 is 10.3 Å². The second-order valence-electron chi connectivity index (χ2n) is 3.96. The van der Waals surface area contributed by atoms with Crippen LogP contribution in [0.25, 0.3) is 0 Å². The third kappa shape index (κ3) is 4.10. The van der Waals surface area contributed by atoms with Crippen LogP contribution >= 0.6 is 24.0 Å². The molecule has 0 aromatic carbocycles. The number of ketones is 1. The van der Waals surface area contributed by atoms with E-state index in [0.29, 0.717) is 0 Å². The number of thiocarbonyl (C=S) groups is 1. The number of nitriles is 1. The lowest BCUT2D eigenvalue weighted by Crippen LogP contribution is -2.26. The van der Waals surface area contributed by atoms with Crippen LogP contribution in [0.5, 0.6) is 0 Å². The Morgan fingerprint density at radius 3 is 2.65 bits per heavy atom. The van der Waals surface area contributed by atoms with Crippen LogP contribution in [0.2, 0.25) is 0 Å². The predicted molar refractivity (Wildman–Crippen MR) is 73.4 cm³/mol. The van der Waals surface area contributed by atoms with Gasteiger partial charge in [-0.1, -0.05) is 24.0 Å². The predicted octanol–water partition coefficient (Wildman–Crippen LogP) is 1.85. The lowest BCUT2D eigenvalue weighted by molar-refractivity contribution is -0.117. The smallest absolute Gasteiger partial charge is 0.165 e. The molecule has 1 heterocycles. The minimum Gasteiger partial charge on any atom is -0.358 e. The van der Waals surface area contributed by atoms with Crippen LogP contribution in [0.15, 0.2) is 0 Å². The molecule has 0 bridgehead atoms. The quantitative estimate of drug-likeness (QED) is 0.623. The largest absolute Gasteiger partial charge is 0.358 e. The Morgan fingerprint density at radius 2 is 2.18 bits per heavy atom. The van der Waals surface area contributed by atoms with Gasteiger partial charge in [-0.2, -0.15) is 5.26 Å². The molecule has 1 fully saturated rings. The SMILES string of the molecule is CC(=N)C(C#N)C(=O)CSC(=S)N1CCCC1. The lowest BCUT2D eigenvalue weighted by atomic mass is 10.0. The fourth-order valence-electron chi connectivity index (χ4n) is 1.62. The molecule has 0 aromatic heterocycles. The van der Waals surface area contributed by atoms with Crippen molar-refractivity contribution in [2.24, 2.45) is 5.92 Å². The molecule has 0 spiro atoms. The second kappa shape index (κ2) is 6.72. The topological polar surface area (TPSA) is 68.0 Å². The first-order valence-corrected chi connectivity index (χ1v) is 6.84. The van der Waals surface area contributed by atoms with Crippen LogP contribution in [0, 0.1) is 22.7 Å². The highest BCUT2D eigenvalue weighted by Gasteiger charge is 2.22. The highest BCUT2D eigenvalue weighted by molar-refractivity contribution is 8.23. The first-order valence-electron chi connectivity index (χ1n) is 5.45. The summed E-state index contributed by atoms with van der Waals surface area (Å²) in [6.45, 7) is 3.41. The zero-order chi connectivity index (χ0) is 12.8. The Morgan fingerprint density at radius 1 is 1.59 bits per heavy atom. The molecule has 1 saturated heterocycles. The third-order valence-electron chi connectivity index (χ3n) is 2.59. The van der Waals surface area contributed by atoms with Gasteiger partial charge in [0.15, 0.2) is 5.78 Å². The summed E-state index contributed by atoms with van der Waals surface area (Å²) >= 11 is 6.52. The van der Waals surface area contributed by atoms with E-state index in [0.717, 1.165) is 30.3 Å². The molecule has 1 aliphatic heterocycles. The summed E-state index contributed by atoms with van der Waals surface area (Å²) in [5.41, 5.74) is 0.102. The Kier molecular flexibility index (Phi) is 5.59. The molecule has 1 rings (SSSR count). The molecule has 1 aliphatic rings. The molecule has 0 saturated carbocycles. The molecule has 17 heavy (non-hydrogen) atoms. The van der Waals surface area contributed by atoms with E-state index >= 15 is 0 Å². The molecule has 92 valence electrons. The van der Waals surface area contributed by atoms with Gasteiger partial charge in [-0.05, 0) is 19.8 Å². The van der Waals surface area contributed by atoms with Crippen molar-refractivity contribution in [3.63, 3.8) is 0 Å². The average Bonchev–Trinajstić information content (AvgIpc) is 2.79. The van der Waals surface area contributed by atoms with Crippen molar-refractivity contribution >= 4 is 39.8 Å². The first-order chi connectivity index (χ1) is 8.06. The van der Waals surface area contributed by atoms with E-state index in [1.807, 2.05) is 6.07 Å². The normalized spacial score (nSPS) is 16.4. The standard InChI is InChI=1S/C11H15N3OS2/c1-8(13)9(6-12)10(15)7-17-11(16)14-4-2-3-5-14/h9,13H,2-5,7H2,1H3. The fourth-order valence-corrected chi connectivity index (χ4v) is 2.77. The molecule has 1 atom stereocenters. The number of nitrogens with one attached hydrogen (secondary N) is 1. The summed E-state index contributed by atoms with van der Waals surface area (Å²) in [7, 11) is 0. The summed E-state index contributed by atoms with van der Waals surface area (Å²) in [6.07, 6.45) is 2.30. The lowest BCUT2D eigenvalue weighted by Gasteiger charge is -2.17. The molecule has 1 unspecified atom stereocenters. The highest BCUT2D eigenvalue weighted by Crippen LogP contribution is 2.17. The van der Waals surface area contributed by atoms with Crippen LogP contribution in [0.4, 0.5) is 0 Å². The number of thioether (sulfide) groups is 1. The van der Waals surface area contributed by atoms with E-state index in [4.69, 9.17) is 22.9 Å². The number of nitrogens with zero attached hydrogens (tertiary/aromatic N) is 2. The molecule has 0 aromatic rings. The number of Topliss-reactive ketones (excluding diaryl/α,β-unsaturated/α-hetero) is 1. The Bertz CT molecular complexity index is 369. The number of hydrogen-bond acceptors (Lipinski definition) is 5. The van der Waals surface area contributed by atoms with Crippen molar-refractivity contribution in [2.45, 2.75) is 19.8 Å². The van der Waals surface area contributed by atoms with Crippen LogP contribution in [-0.2, 0) is 4.79 Å². The summed E-state index contributed by atoms with van der Waals surface area (Å²) in [4.78, 5) is 13.8. The molecule has 4 nitrogen and oxygen atoms in total. The minimum atomic E-state index is -0.913. The van der Waals surface area contributed by atoms with Gasteiger partial charge in [0.05, 0.1) is 11.8 Å². The van der Waals surface area contributed by atoms with Crippen molar-refractivity contribution in [1.29, 1.82) is 10.7 Å². The fraction of sp³-hybridized carbons (Fsp3) is 0.636. The zero-order valence-electron chi connectivity index (χ0n) is 9.73. The van der Waals surface area contributed by atoms with Gasteiger partial charge in [-0.3, -0.25) is 4.79 Å². The van der Waals surface area contributed by atoms with Gasteiger partial charge >= 0.3 is 0 Å². The van der Waals surface area contributed by atoms with Crippen LogP contribution in [0.3, 0.4) is 0 Å². The van der Waals surface area contributed by atoms with Crippen molar-refractivity contribution in [1.82, 2.24) is 4.90 Å². The van der Waals surface area contributed by atoms with E-state index < -0.39 is 5.92 Å². The maximum atomic E-state index is 11.7. The maximum Gasteiger partial charge on any atom is 0.165 e. The van der Waals surface area contributed by atoms with Crippen molar-refractivity contribution in [3.05, 3.63) is 0 Å². The summed E-state index contributed by atoms with van der Waals surface area (Å²) in [5.74, 6) is -0.959. The van der Waals surface area contributed by atoms with Gasteiger partial charge in [0, 0.05) is 18.8 Å². The van der Waals surface area contributed by atoms with E-state index in [1.54, 1.807) is 0 Å². The zero-order valence-corrected chi connectivity index (χ0v) is 11.4. The van der Waals surface area contributed by atoms with Crippen LogP contribution in [0.1, 0.15) is 19.8 Å². The Hall–Kier alpha value is -0.930. The molecular weight excluding hydrogens is 254 g/mol. The maximum absolute atomic E-state index is 11.7.